The summed E-state index contributed by atoms with van der Waals surface area (Å²) in [6, 6.07) is 12.2. The van der Waals surface area contributed by atoms with Gasteiger partial charge in [-0.2, -0.15) is 4.31 Å². The molecule has 0 bridgehead atoms. The first-order chi connectivity index (χ1) is 15.9. The van der Waals surface area contributed by atoms with Crippen LogP contribution in [0.25, 0.3) is 0 Å². The Labute approximate surface area is 207 Å². The highest BCUT2D eigenvalue weighted by molar-refractivity contribution is 7.89. The number of halogens is 1. The predicted octanol–water partition coefficient (Wildman–Crippen LogP) is 2.70. The van der Waals surface area contributed by atoms with Crippen molar-refractivity contribution in [3.63, 3.8) is 0 Å². The molecule has 2 rings (SSSR count). The van der Waals surface area contributed by atoms with Crippen LogP contribution in [-0.2, 0) is 20.4 Å². The molecule has 0 saturated carbocycles. The van der Waals surface area contributed by atoms with Gasteiger partial charge in [0, 0.05) is 29.8 Å². The second kappa shape index (κ2) is 12.0. The third-order valence-corrected chi connectivity index (χ3v) is 7.82. The van der Waals surface area contributed by atoms with E-state index in [0.717, 1.165) is 0 Å². The number of nitrogens with one attached hydrogen (secondary N) is 1. The molecule has 34 heavy (non-hydrogen) atoms. The van der Waals surface area contributed by atoms with E-state index in [1.165, 1.54) is 28.6 Å². The highest BCUT2D eigenvalue weighted by Crippen LogP contribution is 2.26. The van der Waals surface area contributed by atoms with Crippen molar-refractivity contribution >= 4 is 33.2 Å². The molecule has 2 aromatic rings. The summed E-state index contributed by atoms with van der Waals surface area (Å²) in [6.07, 6.45) is 0.798. The van der Waals surface area contributed by atoms with Gasteiger partial charge in [0.15, 0.2) is 0 Å². The van der Waals surface area contributed by atoms with Gasteiger partial charge in [-0.25, -0.2) is 8.42 Å². The predicted molar refractivity (Wildman–Crippen MR) is 136 cm³/mol. The monoisotopic (exact) mass is 510 g/mol. The topological polar surface area (TPSA) is 139 Å². The molecule has 0 saturated heterocycles. The Bertz CT molecular complexity index is 1060. The summed E-state index contributed by atoms with van der Waals surface area (Å²) in [6.45, 7) is 5.59. The zero-order chi connectivity index (χ0) is 25.5. The van der Waals surface area contributed by atoms with E-state index in [1.807, 2.05) is 13.8 Å². The lowest BCUT2D eigenvalue weighted by Crippen LogP contribution is -2.49. The largest absolute Gasteiger partial charge is 0.399 e. The molecule has 8 nitrogen and oxygen atoms in total. The number of anilines is 1. The minimum Gasteiger partial charge on any atom is -0.399 e. The number of sulfonamides is 1. The number of hydrogen-bond acceptors (Lipinski definition) is 6. The van der Waals surface area contributed by atoms with Gasteiger partial charge in [-0.15, -0.1) is 0 Å². The molecular formula is C24H35ClN4O4S. The van der Waals surface area contributed by atoms with Crippen molar-refractivity contribution in [2.75, 3.05) is 25.4 Å². The van der Waals surface area contributed by atoms with Crippen molar-refractivity contribution in [3.05, 3.63) is 59.1 Å². The van der Waals surface area contributed by atoms with E-state index in [1.54, 1.807) is 31.2 Å². The number of hydrogen-bond donors (Lipinski definition) is 4. The molecule has 0 heterocycles. The summed E-state index contributed by atoms with van der Waals surface area (Å²) in [4.78, 5) is 12.8. The van der Waals surface area contributed by atoms with Crippen molar-refractivity contribution in [2.24, 2.45) is 11.7 Å². The quantitative estimate of drug-likeness (QED) is 0.256. The van der Waals surface area contributed by atoms with Crippen molar-refractivity contribution in [2.45, 2.75) is 50.1 Å². The normalized spacial score (nSPS) is 14.7. The molecule has 10 heteroatoms. The van der Waals surface area contributed by atoms with Gasteiger partial charge < -0.3 is 21.9 Å². The maximum atomic E-state index is 13.3. The Morgan fingerprint density at radius 1 is 1.18 bits per heavy atom. The SMILES string of the molecule is CC(C)CN(C(CO)CCCNC(=O)C(C)(N)c1ccccc1Cl)S(=O)(=O)c1ccc(N)cc1. The summed E-state index contributed by atoms with van der Waals surface area (Å²) >= 11 is 6.20. The van der Waals surface area contributed by atoms with E-state index >= 15 is 0 Å². The number of carbonyl (C=O) groups excluding carboxylic acids is 1. The Hall–Kier alpha value is -2.17. The summed E-state index contributed by atoms with van der Waals surface area (Å²) in [5.41, 5.74) is 11.6. The molecule has 0 fully saturated rings. The van der Waals surface area contributed by atoms with Crippen molar-refractivity contribution < 1.29 is 18.3 Å². The Balaban J connectivity index is 2.07. The average molecular weight is 511 g/mol. The first-order valence-electron chi connectivity index (χ1n) is 11.2. The fourth-order valence-electron chi connectivity index (χ4n) is 3.63. The smallest absolute Gasteiger partial charge is 0.244 e. The number of amides is 1. The van der Waals surface area contributed by atoms with Gasteiger partial charge in [0.05, 0.1) is 11.5 Å². The molecular weight excluding hydrogens is 476 g/mol. The first kappa shape index (κ1) is 28.1. The fourth-order valence-corrected chi connectivity index (χ4v) is 5.77. The van der Waals surface area contributed by atoms with Crippen LogP contribution >= 0.6 is 11.6 Å². The average Bonchev–Trinajstić information content (AvgIpc) is 2.78. The Morgan fingerprint density at radius 3 is 2.35 bits per heavy atom. The van der Waals surface area contributed by atoms with Gasteiger partial charge in [0.1, 0.15) is 5.54 Å². The van der Waals surface area contributed by atoms with Crippen LogP contribution in [0.3, 0.4) is 0 Å². The van der Waals surface area contributed by atoms with E-state index in [4.69, 9.17) is 23.1 Å². The van der Waals surface area contributed by atoms with Gasteiger partial charge in [0.2, 0.25) is 15.9 Å². The molecule has 2 atom stereocenters. The van der Waals surface area contributed by atoms with E-state index in [2.05, 4.69) is 5.32 Å². The number of benzene rings is 2. The highest BCUT2D eigenvalue weighted by atomic mass is 35.5. The standard InChI is InChI=1S/C24H35ClN4O4S/c1-17(2)15-29(34(32,33)20-12-10-18(26)11-13-20)19(16-30)7-6-14-28-23(31)24(3,27)21-8-4-5-9-22(21)25/h4-5,8-13,17,19,30H,6-7,14-16,26-27H2,1-3H3,(H,28,31). The zero-order valence-electron chi connectivity index (χ0n) is 19.9. The number of nitrogens with two attached hydrogens (primary N) is 2. The molecule has 6 N–H and O–H groups in total. The molecule has 0 spiro atoms. The minimum absolute atomic E-state index is 0.0471. The van der Waals surface area contributed by atoms with Crippen molar-refractivity contribution in [3.8, 4) is 0 Å². The fraction of sp³-hybridized carbons (Fsp3) is 0.458. The highest BCUT2D eigenvalue weighted by Gasteiger charge is 2.33. The van der Waals surface area contributed by atoms with E-state index in [9.17, 15) is 18.3 Å². The third kappa shape index (κ3) is 6.93. The van der Waals surface area contributed by atoms with Crippen LogP contribution in [0.2, 0.25) is 5.02 Å². The molecule has 2 aromatic carbocycles. The molecule has 0 aliphatic rings. The van der Waals surface area contributed by atoms with Crippen LogP contribution in [0.4, 0.5) is 5.69 Å². The van der Waals surface area contributed by atoms with Crippen LogP contribution in [0, 0.1) is 5.92 Å². The molecule has 0 aliphatic heterocycles. The lowest BCUT2D eigenvalue weighted by molar-refractivity contribution is -0.126. The second-order valence-corrected chi connectivity index (χ2v) is 11.3. The number of rotatable bonds is 12. The third-order valence-electron chi connectivity index (χ3n) is 5.55. The number of nitrogens with zero attached hydrogens (tertiary/aromatic N) is 1. The Kier molecular flexibility index (Phi) is 9.90. The Morgan fingerprint density at radius 2 is 1.79 bits per heavy atom. The van der Waals surface area contributed by atoms with Gasteiger partial charge in [-0.3, -0.25) is 4.79 Å². The van der Waals surface area contributed by atoms with Crippen molar-refractivity contribution in [1.29, 1.82) is 0 Å². The maximum Gasteiger partial charge on any atom is 0.244 e. The van der Waals surface area contributed by atoms with Crippen LogP contribution in [0.15, 0.2) is 53.4 Å². The van der Waals surface area contributed by atoms with E-state index in [0.29, 0.717) is 29.1 Å². The van der Waals surface area contributed by atoms with Gasteiger partial charge >= 0.3 is 0 Å². The van der Waals surface area contributed by atoms with Crippen LogP contribution in [-0.4, -0.2) is 49.5 Å². The van der Waals surface area contributed by atoms with E-state index < -0.39 is 27.5 Å². The van der Waals surface area contributed by atoms with Gasteiger partial charge in [0.25, 0.3) is 0 Å². The molecule has 188 valence electrons. The second-order valence-electron chi connectivity index (χ2n) is 8.95. The van der Waals surface area contributed by atoms with Crippen LogP contribution in [0.5, 0.6) is 0 Å². The maximum absolute atomic E-state index is 13.3. The summed E-state index contributed by atoms with van der Waals surface area (Å²) in [7, 11) is -3.85. The molecule has 0 radical (unpaired) electrons. The minimum atomic E-state index is -3.85. The van der Waals surface area contributed by atoms with E-state index in [-0.39, 0.29) is 30.5 Å². The van der Waals surface area contributed by atoms with Crippen LogP contribution in [0.1, 0.15) is 39.2 Å². The first-order valence-corrected chi connectivity index (χ1v) is 13.0. The molecule has 2 unspecified atom stereocenters. The lowest BCUT2D eigenvalue weighted by Gasteiger charge is -2.31. The summed E-state index contributed by atoms with van der Waals surface area (Å²) in [5, 5.41) is 13.2. The number of nitrogen functional groups attached to an aromatic ring is 1. The zero-order valence-corrected chi connectivity index (χ0v) is 21.4. The summed E-state index contributed by atoms with van der Waals surface area (Å²) in [5.74, 6) is -0.347. The number of aliphatic hydroxyl groups excluding tert-OH is 1. The summed E-state index contributed by atoms with van der Waals surface area (Å²) < 4.78 is 28.0. The number of carbonyl (C=O) groups is 1. The lowest BCUT2D eigenvalue weighted by atomic mass is 9.92. The molecule has 0 aliphatic carbocycles. The molecule has 0 aromatic heterocycles. The van der Waals surface area contributed by atoms with Gasteiger partial charge in [-0.05, 0) is 61.6 Å². The van der Waals surface area contributed by atoms with Crippen molar-refractivity contribution in [1.82, 2.24) is 9.62 Å². The molecule has 1 amide bonds. The van der Waals surface area contributed by atoms with Gasteiger partial charge in [-0.1, -0.05) is 43.6 Å². The number of aliphatic hydroxyl groups is 1. The van der Waals surface area contributed by atoms with Crippen LogP contribution < -0.4 is 16.8 Å².